The molecule has 3 heterocycles. The lowest BCUT2D eigenvalue weighted by Gasteiger charge is -2.10. The molecule has 1 aromatic carbocycles. The summed E-state index contributed by atoms with van der Waals surface area (Å²) in [5.74, 6) is -0.192. The van der Waals surface area contributed by atoms with Gasteiger partial charge in [-0.05, 0) is 29.1 Å². The van der Waals surface area contributed by atoms with Crippen molar-refractivity contribution in [3.63, 3.8) is 0 Å². The summed E-state index contributed by atoms with van der Waals surface area (Å²) in [7, 11) is 0. The van der Waals surface area contributed by atoms with Gasteiger partial charge in [-0.25, -0.2) is 9.67 Å². The van der Waals surface area contributed by atoms with Crippen molar-refractivity contribution in [3.8, 4) is 0 Å². The summed E-state index contributed by atoms with van der Waals surface area (Å²) >= 11 is 1.33. The topological polar surface area (TPSA) is 81.8 Å². The minimum Gasteiger partial charge on any atom is -0.349 e. The third-order valence-corrected chi connectivity index (χ3v) is 5.45. The number of nitrogens with zero attached hydrogens (tertiary/aromatic N) is 4. The van der Waals surface area contributed by atoms with Crippen molar-refractivity contribution in [3.05, 3.63) is 80.7 Å². The molecule has 31 heavy (non-hydrogen) atoms. The van der Waals surface area contributed by atoms with Crippen molar-refractivity contribution < 1.29 is 18.0 Å². The van der Waals surface area contributed by atoms with Crippen molar-refractivity contribution in [2.75, 3.05) is 6.54 Å². The van der Waals surface area contributed by atoms with Crippen LogP contribution in [-0.4, -0.2) is 31.8 Å². The van der Waals surface area contributed by atoms with Gasteiger partial charge in [-0.15, -0.1) is 11.3 Å². The monoisotopic (exact) mass is 447 g/mol. The molecule has 0 bridgehead atoms. The number of carbonyl (C=O) groups excluding carboxylic acids is 1. The van der Waals surface area contributed by atoms with E-state index in [1.165, 1.54) is 45.2 Å². The maximum atomic E-state index is 12.9. The van der Waals surface area contributed by atoms with Gasteiger partial charge in [-0.2, -0.15) is 18.3 Å². The number of rotatable bonds is 6. The molecule has 1 amide bonds. The molecular weight excluding hydrogens is 431 g/mol. The zero-order chi connectivity index (χ0) is 22.0. The van der Waals surface area contributed by atoms with Gasteiger partial charge in [0.05, 0.1) is 29.7 Å². The fourth-order valence-corrected chi connectivity index (χ4v) is 3.73. The maximum Gasteiger partial charge on any atom is 0.416 e. The van der Waals surface area contributed by atoms with Gasteiger partial charge in [0.15, 0.2) is 5.65 Å². The summed E-state index contributed by atoms with van der Waals surface area (Å²) in [5, 5.41) is 8.98. The standard InChI is InChI=1S/C20H16F3N5O2S/c21-20(22,23)14-4-1-3-13(9-14)11-27-12-25-17-15(19(27)30)10-26-28(17)7-6-24-18(29)16-5-2-8-31-16/h1-5,8-10,12H,6-7,11H2,(H,24,29). The lowest BCUT2D eigenvalue weighted by atomic mass is 10.1. The number of hydrogen-bond acceptors (Lipinski definition) is 5. The number of fused-ring (bicyclic) bond motifs is 1. The summed E-state index contributed by atoms with van der Waals surface area (Å²) in [5.41, 5.74) is -0.502. The molecule has 0 aliphatic heterocycles. The average molecular weight is 447 g/mol. The van der Waals surface area contributed by atoms with E-state index < -0.39 is 17.3 Å². The van der Waals surface area contributed by atoms with Crippen LogP contribution in [0.3, 0.4) is 0 Å². The van der Waals surface area contributed by atoms with Crippen molar-refractivity contribution >= 4 is 28.3 Å². The van der Waals surface area contributed by atoms with Gasteiger partial charge < -0.3 is 5.32 Å². The molecule has 4 aromatic rings. The van der Waals surface area contributed by atoms with Crippen molar-refractivity contribution in [1.29, 1.82) is 0 Å². The molecular formula is C20H16F3N5O2S. The van der Waals surface area contributed by atoms with Gasteiger partial charge >= 0.3 is 6.18 Å². The molecule has 0 radical (unpaired) electrons. The highest BCUT2D eigenvalue weighted by Crippen LogP contribution is 2.29. The first-order valence-corrected chi connectivity index (χ1v) is 10.1. The Labute approximate surface area is 177 Å². The molecule has 0 aliphatic carbocycles. The Hall–Kier alpha value is -3.47. The van der Waals surface area contributed by atoms with Crippen molar-refractivity contribution in [1.82, 2.24) is 24.6 Å². The van der Waals surface area contributed by atoms with Gasteiger partial charge in [0.1, 0.15) is 11.7 Å². The number of amides is 1. The van der Waals surface area contributed by atoms with E-state index in [2.05, 4.69) is 15.4 Å². The number of thiophene rings is 1. The Kier molecular flexibility index (Phi) is 5.59. The number of hydrogen-bond donors (Lipinski definition) is 1. The molecule has 160 valence electrons. The van der Waals surface area contributed by atoms with Gasteiger partial charge in [0.25, 0.3) is 11.5 Å². The molecule has 0 atom stereocenters. The Morgan fingerprint density at radius 3 is 2.77 bits per heavy atom. The van der Waals surface area contributed by atoms with Crippen molar-refractivity contribution in [2.45, 2.75) is 19.3 Å². The van der Waals surface area contributed by atoms with Crippen LogP contribution in [0.25, 0.3) is 11.0 Å². The van der Waals surface area contributed by atoms with Crippen LogP contribution in [0.5, 0.6) is 0 Å². The molecule has 0 fully saturated rings. The van der Waals surface area contributed by atoms with Crippen LogP contribution in [0.2, 0.25) is 0 Å². The van der Waals surface area contributed by atoms with Gasteiger partial charge in [-0.1, -0.05) is 18.2 Å². The highest BCUT2D eigenvalue weighted by molar-refractivity contribution is 7.12. The minimum atomic E-state index is -4.46. The first kappa shape index (κ1) is 20.8. The smallest absolute Gasteiger partial charge is 0.349 e. The predicted octanol–water partition coefficient (Wildman–Crippen LogP) is 3.15. The molecule has 3 aromatic heterocycles. The summed E-state index contributed by atoms with van der Waals surface area (Å²) in [6.45, 7) is 0.557. The second-order valence-corrected chi connectivity index (χ2v) is 7.66. The number of halogens is 3. The first-order valence-electron chi connectivity index (χ1n) is 9.22. The quantitative estimate of drug-likeness (QED) is 0.492. The summed E-state index contributed by atoms with van der Waals surface area (Å²) in [6.07, 6.45) is -1.80. The SMILES string of the molecule is O=C(NCCn1ncc2c(=O)n(Cc3cccc(C(F)(F)F)c3)cnc21)c1cccs1. The number of alkyl halides is 3. The normalized spacial score (nSPS) is 11.7. The van der Waals surface area contributed by atoms with E-state index in [4.69, 9.17) is 0 Å². The Balaban J connectivity index is 1.49. The van der Waals surface area contributed by atoms with Crippen LogP contribution in [0.1, 0.15) is 20.8 Å². The van der Waals surface area contributed by atoms with E-state index in [1.807, 2.05) is 5.38 Å². The first-order chi connectivity index (χ1) is 14.8. The van der Waals surface area contributed by atoms with E-state index in [0.29, 0.717) is 29.2 Å². The number of nitrogens with one attached hydrogen (secondary N) is 1. The van der Waals surface area contributed by atoms with Crippen LogP contribution in [0.15, 0.2) is 59.1 Å². The van der Waals surface area contributed by atoms with Crippen LogP contribution in [-0.2, 0) is 19.3 Å². The number of carbonyl (C=O) groups is 1. The van der Waals surface area contributed by atoms with Gasteiger partial charge in [0.2, 0.25) is 0 Å². The second kappa shape index (κ2) is 8.34. The van der Waals surface area contributed by atoms with E-state index in [1.54, 1.807) is 12.1 Å². The molecule has 4 rings (SSSR count). The van der Waals surface area contributed by atoms with Gasteiger partial charge in [0, 0.05) is 6.54 Å². The Bertz CT molecular complexity index is 1280. The minimum absolute atomic E-state index is 0.0479. The number of benzene rings is 1. The Morgan fingerprint density at radius 1 is 1.19 bits per heavy atom. The van der Waals surface area contributed by atoms with Crippen LogP contribution < -0.4 is 10.9 Å². The van der Waals surface area contributed by atoms with Gasteiger partial charge in [-0.3, -0.25) is 14.2 Å². The molecule has 1 N–H and O–H groups in total. The highest BCUT2D eigenvalue weighted by Gasteiger charge is 2.30. The Morgan fingerprint density at radius 2 is 2.03 bits per heavy atom. The predicted molar refractivity (Wildman–Crippen MR) is 109 cm³/mol. The van der Waals surface area contributed by atoms with E-state index in [0.717, 1.165) is 12.1 Å². The van der Waals surface area contributed by atoms with E-state index >= 15 is 0 Å². The number of aromatic nitrogens is 4. The lowest BCUT2D eigenvalue weighted by Crippen LogP contribution is -2.27. The molecule has 0 saturated carbocycles. The third-order valence-electron chi connectivity index (χ3n) is 4.58. The summed E-state index contributed by atoms with van der Waals surface area (Å²) < 4.78 is 41.5. The molecule has 0 unspecified atom stereocenters. The molecule has 0 aliphatic rings. The fourth-order valence-electron chi connectivity index (χ4n) is 3.09. The zero-order valence-corrected chi connectivity index (χ0v) is 16.8. The second-order valence-electron chi connectivity index (χ2n) is 6.71. The fraction of sp³-hybridized carbons (Fsp3) is 0.200. The molecule has 11 heteroatoms. The molecule has 0 saturated heterocycles. The molecule has 7 nitrogen and oxygen atoms in total. The third kappa shape index (κ3) is 4.50. The largest absolute Gasteiger partial charge is 0.416 e. The summed E-state index contributed by atoms with van der Waals surface area (Å²) in [6, 6.07) is 8.32. The zero-order valence-electron chi connectivity index (χ0n) is 16.0. The summed E-state index contributed by atoms with van der Waals surface area (Å²) in [4.78, 5) is 29.6. The highest BCUT2D eigenvalue weighted by atomic mass is 32.1. The van der Waals surface area contributed by atoms with Crippen LogP contribution in [0, 0.1) is 0 Å². The average Bonchev–Trinajstić information content (AvgIpc) is 3.40. The van der Waals surface area contributed by atoms with E-state index in [9.17, 15) is 22.8 Å². The lowest BCUT2D eigenvalue weighted by molar-refractivity contribution is -0.137. The van der Waals surface area contributed by atoms with Crippen LogP contribution >= 0.6 is 11.3 Å². The van der Waals surface area contributed by atoms with Crippen molar-refractivity contribution in [2.24, 2.45) is 0 Å². The van der Waals surface area contributed by atoms with Crippen LogP contribution in [0.4, 0.5) is 13.2 Å². The maximum absolute atomic E-state index is 12.9. The molecule has 0 spiro atoms. The van der Waals surface area contributed by atoms with E-state index in [-0.39, 0.29) is 17.8 Å².